The van der Waals surface area contributed by atoms with Gasteiger partial charge in [-0.05, 0) is 18.6 Å². The molecule has 3 N–H and O–H groups in total. The molecule has 0 radical (unpaired) electrons. The molecule has 0 aliphatic carbocycles. The summed E-state index contributed by atoms with van der Waals surface area (Å²) in [7, 11) is -3.52. The Labute approximate surface area is 109 Å². The van der Waals surface area contributed by atoms with Crippen molar-refractivity contribution in [3.63, 3.8) is 0 Å². The third-order valence-corrected chi connectivity index (χ3v) is 4.25. The lowest BCUT2D eigenvalue weighted by molar-refractivity contribution is 0.600. The molecule has 6 nitrogen and oxygen atoms in total. The van der Waals surface area contributed by atoms with Gasteiger partial charge in [-0.1, -0.05) is 29.5 Å². The van der Waals surface area contributed by atoms with E-state index in [9.17, 15) is 8.42 Å². The molecule has 0 saturated carbocycles. The summed E-state index contributed by atoms with van der Waals surface area (Å²) in [6.07, 6.45) is 0. The molecule has 0 aliphatic rings. The summed E-state index contributed by atoms with van der Waals surface area (Å²) in [6, 6.07) is 6.85. The Kier molecular flexibility index (Phi) is 3.48. The van der Waals surface area contributed by atoms with E-state index >= 15 is 0 Å². The molecular formula is C10H12N4O2S2. The molecule has 18 heavy (non-hydrogen) atoms. The average molecular weight is 284 g/mol. The lowest BCUT2D eigenvalue weighted by atomic mass is 10.2. The number of hydrogen-bond acceptors (Lipinski definition) is 6. The van der Waals surface area contributed by atoms with E-state index in [1.54, 1.807) is 31.2 Å². The second-order valence-corrected chi connectivity index (χ2v) is 6.59. The molecule has 0 unspecified atom stereocenters. The summed E-state index contributed by atoms with van der Waals surface area (Å²) in [5.74, 6) is -0.182. The van der Waals surface area contributed by atoms with Crippen molar-refractivity contribution in [2.75, 3.05) is 10.5 Å². The Balaban J connectivity index is 2.15. The molecule has 1 aromatic heterocycles. The molecule has 8 heteroatoms. The van der Waals surface area contributed by atoms with Crippen molar-refractivity contribution >= 4 is 32.2 Å². The fraction of sp³-hybridized carbons (Fsp3) is 0.200. The molecule has 1 aromatic carbocycles. The first kappa shape index (κ1) is 12.8. The highest BCUT2D eigenvalue weighted by atomic mass is 32.2. The van der Waals surface area contributed by atoms with E-state index in [0.29, 0.717) is 16.3 Å². The zero-order chi connectivity index (χ0) is 13.2. The number of nitrogen functional groups attached to an aromatic ring is 1. The minimum atomic E-state index is -3.52. The molecular weight excluding hydrogens is 272 g/mol. The number of nitrogens with one attached hydrogen (secondary N) is 1. The van der Waals surface area contributed by atoms with E-state index in [1.807, 2.05) is 0 Å². The summed E-state index contributed by atoms with van der Waals surface area (Å²) >= 11 is 1.19. The van der Waals surface area contributed by atoms with Crippen LogP contribution in [0, 0.1) is 6.92 Å². The van der Waals surface area contributed by atoms with Crippen LogP contribution in [-0.4, -0.2) is 18.6 Å². The van der Waals surface area contributed by atoms with E-state index in [2.05, 4.69) is 14.9 Å². The number of sulfonamides is 1. The summed E-state index contributed by atoms with van der Waals surface area (Å²) in [5, 5.41) is 8.42. The maximum Gasteiger partial charge on any atom is 0.238 e. The van der Waals surface area contributed by atoms with Crippen LogP contribution >= 0.6 is 11.3 Å². The number of para-hydroxylation sites is 1. The molecule has 0 amide bonds. The summed E-state index contributed by atoms with van der Waals surface area (Å²) in [5.41, 5.74) is 6.72. The third kappa shape index (κ3) is 3.17. The van der Waals surface area contributed by atoms with Crippen molar-refractivity contribution in [2.45, 2.75) is 12.7 Å². The van der Waals surface area contributed by atoms with Crippen LogP contribution < -0.4 is 10.5 Å². The Morgan fingerprint density at radius 1 is 1.33 bits per heavy atom. The van der Waals surface area contributed by atoms with Crippen LogP contribution in [0.2, 0.25) is 0 Å². The van der Waals surface area contributed by atoms with Crippen LogP contribution in [0.1, 0.15) is 10.6 Å². The Morgan fingerprint density at radius 3 is 2.67 bits per heavy atom. The quantitative estimate of drug-likeness (QED) is 0.826. The third-order valence-electron chi connectivity index (χ3n) is 2.17. The number of nitrogens with two attached hydrogens (primary N) is 1. The van der Waals surface area contributed by atoms with E-state index in [1.165, 1.54) is 11.3 Å². The molecule has 1 heterocycles. The van der Waals surface area contributed by atoms with Gasteiger partial charge in [-0.25, -0.2) is 8.42 Å². The number of aromatic nitrogens is 2. The normalized spacial score (nSPS) is 11.4. The van der Waals surface area contributed by atoms with Crippen molar-refractivity contribution in [3.8, 4) is 0 Å². The van der Waals surface area contributed by atoms with Gasteiger partial charge in [0.1, 0.15) is 5.01 Å². The van der Waals surface area contributed by atoms with Crippen molar-refractivity contribution in [1.82, 2.24) is 10.2 Å². The smallest absolute Gasteiger partial charge is 0.238 e. The maximum absolute atomic E-state index is 11.9. The summed E-state index contributed by atoms with van der Waals surface area (Å²) < 4.78 is 26.2. The van der Waals surface area contributed by atoms with Crippen molar-refractivity contribution < 1.29 is 8.42 Å². The average Bonchev–Trinajstić information content (AvgIpc) is 2.66. The van der Waals surface area contributed by atoms with E-state index in [-0.39, 0.29) is 10.9 Å². The van der Waals surface area contributed by atoms with E-state index in [0.717, 1.165) is 0 Å². The minimum absolute atomic E-state index is 0.182. The largest absolute Gasteiger partial charge is 0.398 e. The Bertz CT molecular complexity index is 651. The Hall–Kier alpha value is -1.67. The minimum Gasteiger partial charge on any atom is -0.398 e. The number of benzene rings is 1. The highest BCUT2D eigenvalue weighted by molar-refractivity contribution is 7.92. The van der Waals surface area contributed by atoms with Crippen LogP contribution in [0.3, 0.4) is 0 Å². The zero-order valence-electron chi connectivity index (χ0n) is 9.62. The van der Waals surface area contributed by atoms with Crippen molar-refractivity contribution in [2.24, 2.45) is 0 Å². The molecule has 0 spiro atoms. The first-order valence-electron chi connectivity index (χ1n) is 5.10. The van der Waals surface area contributed by atoms with Gasteiger partial charge in [-0.15, -0.1) is 10.2 Å². The lowest BCUT2D eigenvalue weighted by Gasteiger charge is -2.06. The molecule has 0 aliphatic heterocycles. The van der Waals surface area contributed by atoms with Gasteiger partial charge in [-0.2, -0.15) is 0 Å². The Morgan fingerprint density at radius 2 is 2.06 bits per heavy atom. The predicted octanol–water partition coefficient (Wildman–Crippen LogP) is 1.37. The van der Waals surface area contributed by atoms with Crippen LogP contribution in [0.5, 0.6) is 0 Å². The maximum atomic E-state index is 11.9. The zero-order valence-corrected chi connectivity index (χ0v) is 11.3. The fourth-order valence-corrected chi connectivity index (χ4v) is 3.42. The van der Waals surface area contributed by atoms with Gasteiger partial charge in [0.15, 0.2) is 0 Å². The molecule has 0 bridgehead atoms. The van der Waals surface area contributed by atoms with E-state index < -0.39 is 10.0 Å². The number of anilines is 2. The van der Waals surface area contributed by atoms with Gasteiger partial charge in [-0.3, -0.25) is 4.72 Å². The van der Waals surface area contributed by atoms with Crippen LogP contribution in [0.25, 0.3) is 0 Å². The number of rotatable bonds is 4. The number of nitrogens with zero attached hydrogens (tertiary/aromatic N) is 2. The summed E-state index contributed by atoms with van der Waals surface area (Å²) in [6.45, 7) is 1.75. The second kappa shape index (κ2) is 4.91. The standard InChI is InChI=1S/C10H12N4O2S2/c1-7-12-13-10(17-7)14-18(15,16)6-8-4-2-3-5-9(8)11/h2-5H,6,11H2,1H3,(H,13,14). The lowest BCUT2D eigenvalue weighted by Crippen LogP contribution is -2.15. The van der Waals surface area contributed by atoms with E-state index in [4.69, 9.17) is 5.73 Å². The highest BCUT2D eigenvalue weighted by Gasteiger charge is 2.15. The monoisotopic (exact) mass is 284 g/mol. The van der Waals surface area contributed by atoms with Gasteiger partial charge in [0.25, 0.3) is 0 Å². The molecule has 0 atom stereocenters. The second-order valence-electron chi connectivity index (χ2n) is 3.69. The van der Waals surface area contributed by atoms with Crippen molar-refractivity contribution in [3.05, 3.63) is 34.8 Å². The molecule has 96 valence electrons. The fourth-order valence-electron chi connectivity index (χ4n) is 1.38. The molecule has 0 saturated heterocycles. The number of aryl methyl sites for hydroxylation is 1. The first-order valence-corrected chi connectivity index (χ1v) is 7.57. The van der Waals surface area contributed by atoms with Gasteiger partial charge in [0.05, 0.1) is 5.75 Å². The molecule has 2 rings (SSSR count). The van der Waals surface area contributed by atoms with Gasteiger partial charge in [0.2, 0.25) is 15.2 Å². The van der Waals surface area contributed by atoms with Gasteiger partial charge >= 0.3 is 0 Å². The summed E-state index contributed by atoms with van der Waals surface area (Å²) in [4.78, 5) is 0. The predicted molar refractivity (Wildman–Crippen MR) is 71.7 cm³/mol. The first-order chi connectivity index (χ1) is 8.46. The van der Waals surface area contributed by atoms with Crippen LogP contribution in [0.15, 0.2) is 24.3 Å². The van der Waals surface area contributed by atoms with Crippen molar-refractivity contribution in [1.29, 1.82) is 0 Å². The highest BCUT2D eigenvalue weighted by Crippen LogP contribution is 2.19. The molecule has 2 aromatic rings. The van der Waals surface area contributed by atoms with Crippen LogP contribution in [-0.2, 0) is 15.8 Å². The number of hydrogen-bond donors (Lipinski definition) is 2. The topological polar surface area (TPSA) is 98.0 Å². The van der Waals surface area contributed by atoms with Crippen LogP contribution in [0.4, 0.5) is 10.8 Å². The van der Waals surface area contributed by atoms with Gasteiger partial charge in [0, 0.05) is 5.69 Å². The SMILES string of the molecule is Cc1nnc(NS(=O)(=O)Cc2ccccc2N)s1. The molecule has 0 fully saturated rings. The van der Waals surface area contributed by atoms with Gasteiger partial charge < -0.3 is 5.73 Å².